The maximum Gasteiger partial charge on any atom is 0.0926 e. The van der Waals surface area contributed by atoms with Gasteiger partial charge in [-0.05, 0) is 31.3 Å². The van der Waals surface area contributed by atoms with E-state index in [1.54, 1.807) is 5.57 Å². The van der Waals surface area contributed by atoms with Gasteiger partial charge in [0.15, 0.2) is 0 Å². The minimum Gasteiger partial charge on any atom is -0.0940 e. The highest BCUT2D eigenvalue weighted by Crippen LogP contribution is 2.33. The average Bonchev–Trinajstić information content (AvgIpc) is 2.32. The Morgan fingerprint density at radius 2 is 1.33 bits per heavy atom. The Morgan fingerprint density at radius 1 is 0.857 bits per heavy atom. The number of rotatable bonds is 9. The molecule has 0 saturated carbocycles. The van der Waals surface area contributed by atoms with Gasteiger partial charge < -0.3 is 0 Å². The van der Waals surface area contributed by atoms with Crippen molar-refractivity contribution in [3.05, 3.63) is 21.5 Å². The van der Waals surface area contributed by atoms with Gasteiger partial charge in [0.1, 0.15) is 0 Å². The topological polar surface area (TPSA) is 0 Å². The van der Waals surface area contributed by atoms with Crippen LogP contribution < -0.4 is 0 Å². The van der Waals surface area contributed by atoms with Crippen molar-refractivity contribution < 1.29 is 0 Å². The molecule has 0 amide bonds. The number of hydrogen-bond acceptors (Lipinski definition) is 0. The Hall–Kier alpha value is 0.204. The first-order chi connectivity index (χ1) is 9.53. The van der Waals surface area contributed by atoms with Gasteiger partial charge in [-0.3, -0.25) is 0 Å². The van der Waals surface area contributed by atoms with Gasteiger partial charge in [-0.15, -0.1) is 0 Å². The molecule has 0 atom stereocenters. The van der Waals surface area contributed by atoms with E-state index in [2.05, 4.69) is 58.8 Å². The summed E-state index contributed by atoms with van der Waals surface area (Å²) in [5.74, 6) is 0. The van der Waals surface area contributed by atoms with E-state index in [1.165, 1.54) is 48.8 Å². The van der Waals surface area contributed by atoms with Crippen LogP contribution in [-0.2, 0) is 0 Å². The molecule has 0 N–H and O–H groups in total. The lowest BCUT2D eigenvalue weighted by molar-refractivity contribution is 0.753. The molecule has 0 saturated heterocycles. The van der Waals surface area contributed by atoms with Gasteiger partial charge in [-0.1, -0.05) is 88.8 Å². The number of allylic oxidation sites excluding steroid dienone is 2. The molecule has 0 aromatic heterocycles. The fourth-order valence-electron chi connectivity index (χ4n) is 2.42. The third-order valence-corrected chi connectivity index (χ3v) is 8.26. The van der Waals surface area contributed by atoms with Gasteiger partial charge in [0.25, 0.3) is 0 Å². The summed E-state index contributed by atoms with van der Waals surface area (Å²) in [4.78, 5) is 0. The van der Waals surface area contributed by atoms with E-state index in [4.69, 9.17) is 11.6 Å². The van der Waals surface area contributed by atoms with E-state index in [-0.39, 0.29) is 0 Å². The zero-order valence-electron chi connectivity index (χ0n) is 15.7. The molecule has 124 valence electrons. The summed E-state index contributed by atoms with van der Waals surface area (Å²) in [6.07, 6.45) is 7.41. The average molecular weight is 345 g/mol. The van der Waals surface area contributed by atoms with Crippen LogP contribution in [0.15, 0.2) is 21.5 Å². The first-order valence-corrected chi connectivity index (χ1v) is 16.1. The highest BCUT2D eigenvalue weighted by Gasteiger charge is 2.24. The van der Waals surface area contributed by atoms with Crippen LogP contribution in [0, 0.1) is 0 Å². The lowest BCUT2D eigenvalue weighted by atomic mass is 9.99. The minimum absolute atomic E-state index is 1.17. The molecule has 0 aromatic carbocycles. The molecule has 3 heteroatoms. The van der Waals surface area contributed by atoms with E-state index < -0.39 is 16.1 Å². The zero-order chi connectivity index (χ0) is 16.7. The highest BCUT2D eigenvalue weighted by molar-refractivity contribution is 6.91. The van der Waals surface area contributed by atoms with Crippen LogP contribution in [0.5, 0.6) is 0 Å². The Bertz CT molecular complexity index is 368. The van der Waals surface area contributed by atoms with E-state index in [0.717, 1.165) is 0 Å². The van der Waals surface area contributed by atoms with Crippen molar-refractivity contribution in [2.24, 2.45) is 0 Å². The maximum atomic E-state index is 6.88. The van der Waals surface area contributed by atoms with Crippen LogP contribution in [0.4, 0.5) is 0 Å². The number of halogens is 1. The van der Waals surface area contributed by atoms with Crippen LogP contribution in [0.1, 0.15) is 52.4 Å². The summed E-state index contributed by atoms with van der Waals surface area (Å²) in [5, 5.41) is 0. The molecule has 0 nitrogen and oxygen atoms in total. The lowest BCUT2D eigenvalue weighted by Crippen LogP contribution is -2.24. The maximum absolute atomic E-state index is 6.88. The lowest BCUT2D eigenvalue weighted by Gasteiger charge is -2.24. The molecule has 0 aliphatic heterocycles. The largest absolute Gasteiger partial charge is 0.0940 e. The Morgan fingerprint density at radius 3 is 1.71 bits per heavy atom. The predicted molar refractivity (Wildman–Crippen MR) is 107 cm³/mol. The molecule has 21 heavy (non-hydrogen) atoms. The summed E-state index contributed by atoms with van der Waals surface area (Å²) < 4.78 is 1.22. The first-order valence-electron chi connectivity index (χ1n) is 8.64. The fraction of sp³-hybridized carbons (Fsp3) is 0.778. The summed E-state index contributed by atoms with van der Waals surface area (Å²) >= 11 is 6.88. The molecule has 0 spiro atoms. The van der Waals surface area contributed by atoms with E-state index in [9.17, 15) is 0 Å². The van der Waals surface area contributed by atoms with Crippen LogP contribution >= 0.6 is 11.6 Å². The van der Waals surface area contributed by atoms with Crippen molar-refractivity contribution in [2.75, 3.05) is 0 Å². The van der Waals surface area contributed by atoms with Crippen LogP contribution in [0.3, 0.4) is 0 Å². The molecule has 0 rings (SSSR count). The van der Waals surface area contributed by atoms with Crippen molar-refractivity contribution >= 4 is 27.7 Å². The molecule has 0 aromatic rings. The standard InChI is InChI=1S/C18H37ClSi2/c1-9-11-13-16(15-20(3,4)5)17(14-12-10-2)18(19)21(6,7)8/h15H,9-14H2,1-8H3/b16-15+,18-17+. The monoisotopic (exact) mass is 344 g/mol. The second-order valence-corrected chi connectivity index (χ2v) is 19.0. The van der Waals surface area contributed by atoms with Crippen LogP contribution in [-0.4, -0.2) is 16.1 Å². The molecule has 0 aliphatic rings. The van der Waals surface area contributed by atoms with Gasteiger partial charge in [-0.2, -0.15) is 0 Å². The summed E-state index contributed by atoms with van der Waals surface area (Å²) in [6.45, 7) is 18.9. The molecular weight excluding hydrogens is 308 g/mol. The summed E-state index contributed by atoms with van der Waals surface area (Å²) in [6, 6.07) is 0. The molecule has 0 heterocycles. The summed E-state index contributed by atoms with van der Waals surface area (Å²) in [7, 11) is -2.65. The Kier molecular flexibility index (Phi) is 9.46. The molecule has 0 bridgehead atoms. The van der Waals surface area contributed by atoms with E-state index in [1.807, 2.05) is 0 Å². The smallest absolute Gasteiger partial charge is 0.0926 e. The van der Waals surface area contributed by atoms with Crippen molar-refractivity contribution in [2.45, 2.75) is 91.7 Å². The quantitative estimate of drug-likeness (QED) is 0.299. The normalized spacial score (nSPS) is 15.2. The number of hydrogen-bond donors (Lipinski definition) is 0. The van der Waals surface area contributed by atoms with E-state index in [0.29, 0.717) is 0 Å². The van der Waals surface area contributed by atoms with Crippen molar-refractivity contribution in [1.82, 2.24) is 0 Å². The molecule has 0 fully saturated rings. The van der Waals surface area contributed by atoms with Gasteiger partial charge in [0.2, 0.25) is 0 Å². The van der Waals surface area contributed by atoms with Crippen LogP contribution in [0.2, 0.25) is 39.3 Å². The molecule has 0 unspecified atom stereocenters. The second-order valence-electron chi connectivity index (χ2n) is 8.29. The van der Waals surface area contributed by atoms with Crippen molar-refractivity contribution in [3.63, 3.8) is 0 Å². The molecular formula is C18H37ClSi2. The van der Waals surface area contributed by atoms with Crippen molar-refractivity contribution in [1.29, 1.82) is 0 Å². The second kappa shape index (κ2) is 9.37. The third-order valence-electron chi connectivity index (χ3n) is 3.50. The Balaban J connectivity index is 5.74. The molecule has 0 radical (unpaired) electrons. The predicted octanol–water partition coefficient (Wildman–Crippen LogP) is 7.54. The third kappa shape index (κ3) is 9.05. The minimum atomic E-state index is -1.43. The van der Waals surface area contributed by atoms with Gasteiger partial charge in [0, 0.05) is 4.66 Å². The fourth-order valence-corrected chi connectivity index (χ4v) is 5.19. The first kappa shape index (κ1) is 21.2. The highest BCUT2D eigenvalue weighted by atomic mass is 35.5. The van der Waals surface area contributed by atoms with E-state index >= 15 is 0 Å². The van der Waals surface area contributed by atoms with Gasteiger partial charge in [0.05, 0.1) is 16.1 Å². The van der Waals surface area contributed by atoms with Gasteiger partial charge in [-0.25, -0.2) is 0 Å². The van der Waals surface area contributed by atoms with Gasteiger partial charge >= 0.3 is 0 Å². The van der Waals surface area contributed by atoms with Crippen LogP contribution in [0.25, 0.3) is 0 Å². The Labute approximate surface area is 141 Å². The summed E-state index contributed by atoms with van der Waals surface area (Å²) in [5.41, 5.74) is 5.70. The SMILES string of the molecule is CCCCC(=C(/Cl)[Si](C)(C)C)/C(=C/[Si](C)(C)C)CCCC. The molecule has 0 aliphatic carbocycles. The zero-order valence-corrected chi connectivity index (χ0v) is 18.5. The van der Waals surface area contributed by atoms with Crippen molar-refractivity contribution in [3.8, 4) is 0 Å². The number of unbranched alkanes of at least 4 members (excludes halogenated alkanes) is 2.